The maximum Gasteiger partial charge on any atom is 1.00 e. The van der Waals surface area contributed by atoms with Crippen molar-refractivity contribution < 1.29 is 73.9 Å². The predicted octanol–water partition coefficient (Wildman–Crippen LogP) is -1.98. The molecule has 2 rings (SSSR count). The Labute approximate surface area is 134 Å². The Morgan fingerprint density at radius 3 is 1.88 bits per heavy atom. The van der Waals surface area contributed by atoms with E-state index in [1.54, 1.807) is 13.8 Å². The van der Waals surface area contributed by atoms with Crippen LogP contribution in [0.4, 0.5) is 12.9 Å². The summed E-state index contributed by atoms with van der Waals surface area (Å²) in [5.41, 5.74) is -0.441. The van der Waals surface area contributed by atoms with Crippen molar-refractivity contribution in [1.29, 1.82) is 0 Å². The number of imide groups is 1. The molecule has 1 saturated carbocycles. The second-order valence-electron chi connectivity index (χ2n) is 4.77. The average molecular weight is 259 g/mol. The van der Waals surface area contributed by atoms with E-state index in [1.165, 1.54) is 0 Å². The monoisotopic (exact) mass is 259 g/mol. The molecular formula is C8H10BF3KNO2. The zero-order valence-electron chi connectivity index (χ0n) is 9.34. The molecule has 2 amide bonds. The third-order valence-corrected chi connectivity index (χ3v) is 3.28. The van der Waals surface area contributed by atoms with Crippen LogP contribution in [0.25, 0.3) is 0 Å². The predicted molar refractivity (Wildman–Crippen MR) is 46.6 cm³/mol. The van der Waals surface area contributed by atoms with Gasteiger partial charge in [-0.3, -0.25) is 9.59 Å². The molecule has 2 fully saturated rings. The van der Waals surface area contributed by atoms with Crippen LogP contribution < -0.4 is 51.4 Å². The number of amides is 2. The zero-order chi connectivity index (χ0) is 11.6. The van der Waals surface area contributed by atoms with E-state index in [1.807, 2.05) is 0 Å². The van der Waals surface area contributed by atoms with Crippen molar-refractivity contribution in [3.05, 3.63) is 0 Å². The second-order valence-corrected chi connectivity index (χ2v) is 4.77. The van der Waals surface area contributed by atoms with E-state index in [0.717, 1.165) is 0 Å². The molecule has 0 bridgehead atoms. The summed E-state index contributed by atoms with van der Waals surface area (Å²) in [5, 5.41) is 0. The molecular weight excluding hydrogens is 249 g/mol. The van der Waals surface area contributed by atoms with Crippen LogP contribution in [0.1, 0.15) is 13.8 Å². The summed E-state index contributed by atoms with van der Waals surface area (Å²) >= 11 is 0. The first-order valence-corrected chi connectivity index (χ1v) is 4.72. The average Bonchev–Trinajstić information content (AvgIpc) is 2.50. The van der Waals surface area contributed by atoms with Crippen LogP contribution in [-0.2, 0) is 9.59 Å². The van der Waals surface area contributed by atoms with Gasteiger partial charge in [-0.05, 0) is 11.9 Å². The van der Waals surface area contributed by atoms with E-state index < -0.39 is 42.5 Å². The van der Waals surface area contributed by atoms with Gasteiger partial charge in [0.1, 0.15) is 0 Å². The molecule has 0 aromatic rings. The smallest absolute Gasteiger partial charge is 0.448 e. The fourth-order valence-corrected chi connectivity index (χ4v) is 2.39. The zero-order valence-corrected chi connectivity index (χ0v) is 12.5. The first-order chi connectivity index (χ1) is 6.66. The SMILES string of the molecule is CC1(C)C2C(=O)N(C[B-](F)(F)F)C(=O)C21.[K+]. The number of halogens is 3. The van der Waals surface area contributed by atoms with Crippen LogP contribution >= 0.6 is 0 Å². The van der Waals surface area contributed by atoms with Crippen LogP contribution in [0.2, 0.25) is 0 Å². The van der Waals surface area contributed by atoms with Crippen LogP contribution in [0, 0.1) is 17.3 Å². The van der Waals surface area contributed by atoms with Crippen molar-refractivity contribution in [2.24, 2.45) is 17.3 Å². The molecule has 3 nitrogen and oxygen atoms in total. The van der Waals surface area contributed by atoms with E-state index in [2.05, 4.69) is 0 Å². The molecule has 0 radical (unpaired) electrons. The number of rotatable bonds is 2. The number of carbonyl (C=O) groups is 2. The summed E-state index contributed by atoms with van der Waals surface area (Å²) < 4.78 is 36.3. The summed E-state index contributed by atoms with van der Waals surface area (Å²) in [6.45, 7) is -1.66. The Morgan fingerprint density at radius 2 is 1.56 bits per heavy atom. The van der Waals surface area contributed by atoms with Gasteiger partial charge in [0.2, 0.25) is 11.8 Å². The number of piperidine rings is 1. The largest absolute Gasteiger partial charge is 1.00 e. The Morgan fingerprint density at radius 1 is 1.19 bits per heavy atom. The Kier molecular flexibility index (Phi) is 3.75. The summed E-state index contributed by atoms with van der Waals surface area (Å²) in [4.78, 5) is 23.3. The minimum absolute atomic E-state index is 0. The Bertz CT molecular complexity index is 334. The van der Waals surface area contributed by atoms with Gasteiger partial charge in [-0.25, -0.2) is 0 Å². The minimum Gasteiger partial charge on any atom is -0.448 e. The van der Waals surface area contributed by atoms with Crippen molar-refractivity contribution in [3.63, 3.8) is 0 Å². The molecule has 0 spiro atoms. The van der Waals surface area contributed by atoms with E-state index in [0.29, 0.717) is 4.90 Å². The van der Waals surface area contributed by atoms with Gasteiger partial charge in [0.05, 0.1) is 11.8 Å². The van der Waals surface area contributed by atoms with Gasteiger partial charge in [0.15, 0.2) is 0 Å². The fourth-order valence-electron chi connectivity index (χ4n) is 2.39. The topological polar surface area (TPSA) is 37.4 Å². The summed E-state index contributed by atoms with van der Waals surface area (Å²) in [6, 6.07) is 0. The van der Waals surface area contributed by atoms with Crippen molar-refractivity contribution in [3.8, 4) is 0 Å². The molecule has 16 heavy (non-hydrogen) atoms. The van der Waals surface area contributed by atoms with Gasteiger partial charge in [-0.2, -0.15) is 0 Å². The number of likely N-dealkylation sites (tertiary alicyclic amines) is 1. The van der Waals surface area contributed by atoms with Gasteiger partial charge in [-0.15, -0.1) is 0 Å². The molecule has 0 aromatic heterocycles. The van der Waals surface area contributed by atoms with Gasteiger partial charge < -0.3 is 17.8 Å². The number of carbonyl (C=O) groups excluding carboxylic acids is 2. The molecule has 1 saturated heterocycles. The molecule has 0 aromatic carbocycles. The molecule has 1 aliphatic carbocycles. The second kappa shape index (κ2) is 4.08. The molecule has 8 heteroatoms. The fraction of sp³-hybridized carbons (Fsp3) is 0.750. The van der Waals surface area contributed by atoms with Crippen molar-refractivity contribution in [2.75, 3.05) is 6.44 Å². The van der Waals surface area contributed by atoms with E-state index >= 15 is 0 Å². The Hall–Kier alpha value is 0.631. The first kappa shape index (κ1) is 14.7. The van der Waals surface area contributed by atoms with Gasteiger partial charge in [-0.1, -0.05) is 13.8 Å². The first-order valence-electron chi connectivity index (χ1n) is 4.72. The van der Waals surface area contributed by atoms with Gasteiger partial charge in [0.25, 0.3) is 0 Å². The summed E-state index contributed by atoms with van der Waals surface area (Å²) in [7, 11) is 0. The summed E-state index contributed by atoms with van der Waals surface area (Å²) in [5.74, 6) is -2.37. The van der Waals surface area contributed by atoms with E-state index in [9.17, 15) is 22.5 Å². The summed E-state index contributed by atoms with van der Waals surface area (Å²) in [6.07, 6.45) is -1.39. The van der Waals surface area contributed by atoms with Gasteiger partial charge in [0, 0.05) is 0 Å². The number of nitrogens with zero attached hydrogens (tertiary/aromatic N) is 1. The van der Waals surface area contributed by atoms with Crippen LogP contribution in [0.15, 0.2) is 0 Å². The molecule has 1 aliphatic heterocycles. The third-order valence-electron chi connectivity index (χ3n) is 3.28. The normalized spacial score (nSPS) is 31.2. The van der Waals surface area contributed by atoms with E-state index in [-0.39, 0.29) is 51.4 Å². The molecule has 2 unspecified atom stereocenters. The number of hydrogen-bond acceptors (Lipinski definition) is 2. The van der Waals surface area contributed by atoms with Crippen LogP contribution in [0.5, 0.6) is 0 Å². The maximum atomic E-state index is 12.1. The van der Waals surface area contributed by atoms with Crippen molar-refractivity contribution >= 4 is 18.8 Å². The third kappa shape index (κ3) is 2.14. The molecule has 2 atom stereocenters. The van der Waals surface area contributed by atoms with Crippen LogP contribution in [-0.4, -0.2) is 30.1 Å². The van der Waals surface area contributed by atoms with Crippen molar-refractivity contribution in [1.82, 2.24) is 4.90 Å². The minimum atomic E-state index is -5.12. The number of hydrogen-bond donors (Lipinski definition) is 0. The number of fused-ring (bicyclic) bond motifs is 1. The van der Waals surface area contributed by atoms with Crippen molar-refractivity contribution in [2.45, 2.75) is 13.8 Å². The molecule has 84 valence electrons. The molecule has 2 aliphatic rings. The molecule has 1 heterocycles. The quantitative estimate of drug-likeness (QED) is 0.425. The molecule has 0 N–H and O–H groups in total. The maximum absolute atomic E-state index is 12.1. The van der Waals surface area contributed by atoms with Crippen LogP contribution in [0.3, 0.4) is 0 Å². The van der Waals surface area contributed by atoms with E-state index in [4.69, 9.17) is 0 Å². The van der Waals surface area contributed by atoms with Gasteiger partial charge >= 0.3 is 58.4 Å². The Balaban J connectivity index is 0.00000128. The standard InChI is InChI=1S/C8H10BF3NO2.K/c1-8(2)4-5(8)7(15)13(6(4)14)3-9(10,11)12;/h4-5H,3H2,1-2H3;/q-1;+1.